The van der Waals surface area contributed by atoms with E-state index in [1.165, 1.54) is 38.5 Å². The normalized spacial score (nSPS) is 51.9. The van der Waals surface area contributed by atoms with Gasteiger partial charge >= 0.3 is 0 Å². The molecule has 0 heterocycles. The molecule has 2 heteroatoms. The summed E-state index contributed by atoms with van der Waals surface area (Å²) in [6.45, 7) is 2.57. The average molecular weight is 350 g/mol. The molecule has 0 nitrogen and oxygen atoms in total. The zero-order valence-corrected chi connectivity index (χ0v) is 13.3. The Morgan fingerprint density at radius 3 is 2.31 bits per heavy atom. The molecule has 0 aromatic heterocycles. The minimum Gasteiger partial charge on any atom is -0.0916 e. The summed E-state index contributed by atoms with van der Waals surface area (Å²) >= 11 is 7.46. The van der Waals surface area contributed by atoms with Crippen molar-refractivity contribution in [3.63, 3.8) is 0 Å². The Kier molecular flexibility index (Phi) is 2.99. The summed E-state index contributed by atoms with van der Waals surface area (Å²) in [5.74, 6) is 2.14. The number of rotatable bonds is 3. The number of alkyl halides is 2. The summed E-state index contributed by atoms with van der Waals surface area (Å²) in [7, 11) is 0. The highest BCUT2D eigenvalue weighted by atomic mass is 79.9. The predicted molar refractivity (Wildman–Crippen MR) is 76.3 cm³/mol. The van der Waals surface area contributed by atoms with Gasteiger partial charge in [0.1, 0.15) is 0 Å². The first-order chi connectivity index (χ1) is 7.53. The summed E-state index contributed by atoms with van der Waals surface area (Å²) in [6, 6.07) is 0. The van der Waals surface area contributed by atoms with Gasteiger partial charge in [0.15, 0.2) is 0 Å². The molecule has 0 N–H and O–H groups in total. The first kappa shape index (κ1) is 12.0. The summed E-state index contributed by atoms with van der Waals surface area (Å²) < 4.78 is 0. The van der Waals surface area contributed by atoms with Crippen molar-refractivity contribution in [3.05, 3.63) is 0 Å². The Labute approximate surface area is 116 Å². The fraction of sp³-hybridized carbons (Fsp3) is 1.00. The maximum absolute atomic E-state index is 3.84. The van der Waals surface area contributed by atoms with E-state index in [1.807, 2.05) is 0 Å². The van der Waals surface area contributed by atoms with Crippen molar-refractivity contribution in [1.29, 1.82) is 0 Å². The summed E-state index contributed by atoms with van der Waals surface area (Å²) in [6.07, 6.45) is 10.6. The quantitative estimate of drug-likeness (QED) is 0.618. The van der Waals surface area contributed by atoms with E-state index in [0.29, 0.717) is 15.7 Å². The van der Waals surface area contributed by atoms with Crippen molar-refractivity contribution >= 4 is 31.9 Å². The first-order valence-electron chi connectivity index (χ1n) is 6.73. The lowest BCUT2D eigenvalue weighted by Crippen LogP contribution is -2.51. The van der Waals surface area contributed by atoms with Crippen molar-refractivity contribution < 1.29 is 0 Å². The Bertz CT molecular complexity index is 272. The average Bonchev–Trinajstić information content (AvgIpc) is 2.12. The van der Waals surface area contributed by atoms with Gasteiger partial charge in [-0.15, -0.1) is 0 Å². The van der Waals surface area contributed by atoms with Crippen LogP contribution >= 0.6 is 31.9 Å². The van der Waals surface area contributed by atoms with Gasteiger partial charge in [0.2, 0.25) is 0 Å². The largest absolute Gasteiger partial charge is 0.0916 e. The van der Waals surface area contributed by atoms with Gasteiger partial charge in [-0.25, -0.2) is 0 Å². The Morgan fingerprint density at radius 1 is 1.19 bits per heavy atom. The van der Waals surface area contributed by atoms with Crippen LogP contribution < -0.4 is 0 Å². The highest BCUT2D eigenvalue weighted by Crippen LogP contribution is 2.66. The fourth-order valence-electron chi connectivity index (χ4n) is 5.69. The Morgan fingerprint density at radius 2 is 1.81 bits per heavy atom. The van der Waals surface area contributed by atoms with E-state index in [1.54, 1.807) is 6.42 Å². The summed E-state index contributed by atoms with van der Waals surface area (Å²) in [4.78, 5) is 0.687. The molecule has 0 saturated heterocycles. The lowest BCUT2D eigenvalue weighted by Gasteiger charge is -2.62. The lowest BCUT2D eigenvalue weighted by atomic mass is 9.44. The van der Waals surface area contributed by atoms with Crippen LogP contribution in [0.3, 0.4) is 0 Å². The second-order valence-electron chi connectivity index (χ2n) is 7.23. The minimum atomic E-state index is 0.687. The molecule has 0 aliphatic heterocycles. The molecule has 3 unspecified atom stereocenters. The van der Waals surface area contributed by atoms with Gasteiger partial charge in [-0.2, -0.15) is 0 Å². The van der Waals surface area contributed by atoms with E-state index in [-0.39, 0.29) is 0 Å². The highest BCUT2D eigenvalue weighted by molar-refractivity contribution is 9.12. The molecule has 16 heavy (non-hydrogen) atoms. The monoisotopic (exact) mass is 348 g/mol. The molecule has 0 aromatic carbocycles. The fourth-order valence-corrected chi connectivity index (χ4v) is 6.61. The molecule has 0 aromatic rings. The lowest BCUT2D eigenvalue weighted by molar-refractivity contribution is -0.104. The molecule has 4 fully saturated rings. The SMILES string of the molecule is CC12CC3CC(C1)CC(CC(Br)CBr)(C3)C2. The van der Waals surface area contributed by atoms with Crippen molar-refractivity contribution in [1.82, 2.24) is 0 Å². The van der Waals surface area contributed by atoms with E-state index in [2.05, 4.69) is 38.8 Å². The van der Waals surface area contributed by atoms with Gasteiger partial charge in [-0.3, -0.25) is 0 Å². The summed E-state index contributed by atoms with van der Waals surface area (Å²) in [5.41, 5.74) is 1.42. The van der Waals surface area contributed by atoms with E-state index in [9.17, 15) is 0 Å². The molecule has 4 saturated carbocycles. The second kappa shape index (κ2) is 3.98. The molecule has 3 atom stereocenters. The van der Waals surface area contributed by atoms with Crippen LogP contribution in [0, 0.1) is 22.7 Å². The molecular weight excluding hydrogens is 328 g/mol. The topological polar surface area (TPSA) is 0 Å². The molecular formula is C14H22Br2. The van der Waals surface area contributed by atoms with Gasteiger partial charge < -0.3 is 0 Å². The molecule has 4 rings (SSSR count). The number of hydrogen-bond donors (Lipinski definition) is 0. The van der Waals surface area contributed by atoms with Gasteiger partial charge in [-0.05, 0) is 67.6 Å². The molecule has 0 radical (unpaired) electrons. The maximum atomic E-state index is 3.84. The van der Waals surface area contributed by atoms with Crippen LogP contribution in [0.4, 0.5) is 0 Å². The van der Waals surface area contributed by atoms with Crippen LogP contribution in [0.5, 0.6) is 0 Å². The number of hydrogen-bond acceptors (Lipinski definition) is 0. The Hall–Kier alpha value is 0.960. The third-order valence-corrected chi connectivity index (χ3v) is 7.59. The van der Waals surface area contributed by atoms with Crippen LogP contribution in [0.25, 0.3) is 0 Å². The molecule has 0 spiro atoms. The van der Waals surface area contributed by atoms with Gasteiger partial charge in [0.25, 0.3) is 0 Å². The summed E-state index contributed by atoms with van der Waals surface area (Å²) in [5, 5.41) is 1.11. The zero-order valence-electron chi connectivity index (χ0n) is 10.1. The molecule has 0 amide bonds. The van der Waals surface area contributed by atoms with Gasteiger partial charge in [0.05, 0.1) is 0 Å². The maximum Gasteiger partial charge on any atom is 0.0248 e. The van der Waals surface area contributed by atoms with Crippen molar-refractivity contribution in [2.75, 3.05) is 5.33 Å². The first-order valence-corrected chi connectivity index (χ1v) is 8.76. The van der Waals surface area contributed by atoms with Crippen LogP contribution in [0.2, 0.25) is 0 Å². The third-order valence-electron chi connectivity index (χ3n) is 5.30. The zero-order chi connectivity index (χ0) is 11.4. The second-order valence-corrected chi connectivity index (χ2v) is 9.17. The predicted octanol–water partition coefficient (Wildman–Crippen LogP) is 5.14. The van der Waals surface area contributed by atoms with Gasteiger partial charge in [-0.1, -0.05) is 38.8 Å². The van der Waals surface area contributed by atoms with E-state index >= 15 is 0 Å². The minimum absolute atomic E-state index is 0.687. The van der Waals surface area contributed by atoms with Crippen molar-refractivity contribution in [3.8, 4) is 0 Å². The van der Waals surface area contributed by atoms with E-state index < -0.39 is 0 Å². The third kappa shape index (κ3) is 2.02. The molecule has 4 bridgehead atoms. The molecule has 92 valence electrons. The molecule has 4 aliphatic rings. The highest BCUT2D eigenvalue weighted by Gasteiger charge is 2.55. The van der Waals surface area contributed by atoms with Crippen LogP contribution in [-0.2, 0) is 0 Å². The molecule has 4 aliphatic carbocycles. The van der Waals surface area contributed by atoms with Crippen molar-refractivity contribution in [2.45, 2.75) is 56.7 Å². The Balaban J connectivity index is 1.81. The van der Waals surface area contributed by atoms with Crippen LogP contribution in [-0.4, -0.2) is 10.2 Å². The van der Waals surface area contributed by atoms with E-state index in [0.717, 1.165) is 17.2 Å². The standard InChI is InChI=1S/C14H22Br2/c1-13-3-10-2-11(4-13)6-14(5-10,9-13)7-12(16)8-15/h10-12H,2-9H2,1H3. The van der Waals surface area contributed by atoms with Gasteiger partial charge in [0, 0.05) is 10.2 Å². The van der Waals surface area contributed by atoms with E-state index in [4.69, 9.17) is 0 Å². The smallest absolute Gasteiger partial charge is 0.0248 e. The van der Waals surface area contributed by atoms with Crippen LogP contribution in [0.1, 0.15) is 51.9 Å². The van der Waals surface area contributed by atoms with Crippen molar-refractivity contribution in [2.24, 2.45) is 22.7 Å². The number of halogens is 2. The van der Waals surface area contributed by atoms with Crippen LogP contribution in [0.15, 0.2) is 0 Å².